The monoisotopic (exact) mass is 611 g/mol. The van der Waals surface area contributed by atoms with Crippen LogP contribution in [0.3, 0.4) is 0 Å². The predicted molar refractivity (Wildman–Crippen MR) is 159 cm³/mol. The van der Waals surface area contributed by atoms with Crippen LogP contribution in [-0.2, 0) is 11.3 Å². The number of fused-ring (bicyclic) bond motifs is 6. The van der Waals surface area contributed by atoms with Crippen LogP contribution < -0.4 is 16.4 Å². The lowest BCUT2D eigenvalue weighted by Crippen LogP contribution is -2.27. The third-order valence-corrected chi connectivity index (χ3v) is 6.86. The average molecular weight is 612 g/mol. The summed E-state index contributed by atoms with van der Waals surface area (Å²) in [5, 5.41) is 22.5. The number of hydrogen-bond donors (Lipinski definition) is 5. The number of methoxy groups -OCH3 is 1. The lowest BCUT2D eigenvalue weighted by atomic mass is 10.2. The molecule has 0 aliphatic rings. The first kappa shape index (κ1) is 28.6. The molecule has 7 rings (SSSR count). The van der Waals surface area contributed by atoms with Gasteiger partial charge in [-0.1, -0.05) is 36.4 Å². The van der Waals surface area contributed by atoms with Gasteiger partial charge in [-0.2, -0.15) is 0 Å². The number of ether oxygens (including phenoxy) is 1. The maximum absolute atomic E-state index is 12.9. The number of para-hydroxylation sites is 4. The Morgan fingerprint density at radius 1 is 0.800 bits per heavy atom. The third-order valence-electron chi connectivity index (χ3n) is 6.86. The van der Waals surface area contributed by atoms with Crippen molar-refractivity contribution in [1.82, 2.24) is 34.1 Å². The van der Waals surface area contributed by atoms with Gasteiger partial charge in [0.15, 0.2) is 11.4 Å². The lowest BCUT2D eigenvalue weighted by Gasteiger charge is -2.06. The van der Waals surface area contributed by atoms with Crippen molar-refractivity contribution in [3.63, 3.8) is 0 Å². The molecule has 0 fully saturated rings. The normalized spacial score (nSPS) is 11.1. The Hall–Kier alpha value is -6.51. The second-order valence-corrected chi connectivity index (χ2v) is 9.63. The number of nitrogens with zero attached hydrogens (tertiary/aromatic N) is 4. The fourth-order valence-corrected chi connectivity index (χ4v) is 4.69. The number of imidazole rings is 2. The van der Waals surface area contributed by atoms with Crippen molar-refractivity contribution in [2.45, 2.75) is 6.54 Å². The van der Waals surface area contributed by atoms with E-state index in [2.05, 4.69) is 30.0 Å². The number of H-pyrrole nitrogens is 2. The number of amides is 1. The molecule has 0 aliphatic heterocycles. The Morgan fingerprint density at radius 2 is 1.29 bits per heavy atom. The van der Waals surface area contributed by atoms with E-state index < -0.39 is 40.2 Å². The Morgan fingerprint density at radius 3 is 1.82 bits per heavy atom. The van der Waals surface area contributed by atoms with Crippen molar-refractivity contribution in [2.75, 3.05) is 7.11 Å². The number of esters is 1. The van der Waals surface area contributed by atoms with Crippen LogP contribution in [0.15, 0.2) is 82.4 Å². The molecule has 4 heterocycles. The smallest absolute Gasteiger partial charge is 0.360 e. The van der Waals surface area contributed by atoms with Crippen LogP contribution in [-0.4, -0.2) is 57.9 Å². The van der Waals surface area contributed by atoms with Crippen molar-refractivity contribution in [3.8, 4) is 11.5 Å². The molecule has 5 N–H and O–H groups in total. The SMILES string of the molecule is COC(=O)c1nc2[nH]c3ccccc3n2c(=O)c1O.O=C(NCc1ccc(F)cc1)c1nc2[nH]c3ccccc3n2c(=O)c1O. The largest absolute Gasteiger partial charge is 0.501 e. The van der Waals surface area contributed by atoms with E-state index in [0.717, 1.165) is 7.11 Å². The molecule has 7 aromatic rings. The molecule has 1 amide bonds. The van der Waals surface area contributed by atoms with E-state index in [0.29, 0.717) is 27.6 Å². The summed E-state index contributed by atoms with van der Waals surface area (Å²) in [5.74, 6) is -3.08. The molecule has 14 nitrogen and oxygen atoms in total. The highest BCUT2D eigenvalue weighted by atomic mass is 19.1. The van der Waals surface area contributed by atoms with Crippen molar-refractivity contribution < 1.29 is 28.9 Å². The van der Waals surface area contributed by atoms with Crippen molar-refractivity contribution in [1.29, 1.82) is 0 Å². The summed E-state index contributed by atoms with van der Waals surface area (Å²) >= 11 is 0. The van der Waals surface area contributed by atoms with E-state index in [1.54, 1.807) is 48.5 Å². The van der Waals surface area contributed by atoms with Gasteiger partial charge in [0.05, 0.1) is 29.2 Å². The first-order valence-corrected chi connectivity index (χ1v) is 13.2. The van der Waals surface area contributed by atoms with E-state index in [9.17, 15) is 33.8 Å². The summed E-state index contributed by atoms with van der Waals surface area (Å²) in [4.78, 5) is 62.2. The highest BCUT2D eigenvalue weighted by Gasteiger charge is 2.22. The number of carbonyl (C=O) groups excluding carboxylic acids is 2. The summed E-state index contributed by atoms with van der Waals surface area (Å²) in [6.45, 7) is 0.103. The molecule has 0 saturated carbocycles. The van der Waals surface area contributed by atoms with E-state index >= 15 is 0 Å². The fraction of sp³-hybridized carbons (Fsp3) is 0.0667. The molecular formula is C30H22FN7O7. The number of benzene rings is 3. The molecule has 0 atom stereocenters. The van der Waals surface area contributed by atoms with E-state index in [1.165, 1.54) is 33.1 Å². The van der Waals surface area contributed by atoms with Crippen LogP contribution in [0.2, 0.25) is 0 Å². The highest BCUT2D eigenvalue weighted by Crippen LogP contribution is 2.18. The number of aromatic nitrogens is 6. The van der Waals surface area contributed by atoms with Gasteiger partial charge in [0.2, 0.25) is 23.1 Å². The molecule has 0 saturated heterocycles. The van der Waals surface area contributed by atoms with Crippen LogP contribution in [0.4, 0.5) is 4.39 Å². The van der Waals surface area contributed by atoms with Crippen molar-refractivity contribution >= 4 is 45.5 Å². The first-order valence-electron chi connectivity index (χ1n) is 13.2. The summed E-state index contributed by atoms with van der Waals surface area (Å²) in [6, 6.07) is 19.6. The highest BCUT2D eigenvalue weighted by molar-refractivity contribution is 5.95. The van der Waals surface area contributed by atoms with Crippen molar-refractivity contribution in [2.24, 2.45) is 0 Å². The van der Waals surface area contributed by atoms with Gasteiger partial charge < -0.3 is 30.2 Å². The molecule has 15 heteroatoms. The molecule has 226 valence electrons. The summed E-state index contributed by atoms with van der Waals surface area (Å²) in [5.41, 5.74) is 0.886. The van der Waals surface area contributed by atoms with Crippen LogP contribution in [0.5, 0.6) is 11.5 Å². The molecule has 0 radical (unpaired) electrons. The van der Waals surface area contributed by atoms with E-state index in [4.69, 9.17) is 0 Å². The van der Waals surface area contributed by atoms with Crippen LogP contribution in [0.1, 0.15) is 26.5 Å². The average Bonchev–Trinajstić information content (AvgIpc) is 3.62. The lowest BCUT2D eigenvalue weighted by molar-refractivity contribution is 0.0590. The number of rotatable bonds is 4. The number of aromatic amines is 2. The predicted octanol–water partition coefficient (Wildman–Crippen LogP) is 2.62. The van der Waals surface area contributed by atoms with Gasteiger partial charge in [0.1, 0.15) is 5.82 Å². The summed E-state index contributed by atoms with van der Waals surface area (Å²) in [7, 11) is 1.15. The van der Waals surface area contributed by atoms with Gasteiger partial charge in [-0.25, -0.2) is 28.0 Å². The van der Waals surface area contributed by atoms with Gasteiger partial charge >= 0.3 is 17.1 Å². The van der Waals surface area contributed by atoms with E-state index in [1.807, 2.05) is 0 Å². The van der Waals surface area contributed by atoms with E-state index in [-0.39, 0.29) is 29.6 Å². The quantitative estimate of drug-likeness (QED) is 0.186. The Balaban J connectivity index is 0.000000167. The number of carbonyl (C=O) groups is 2. The second kappa shape index (κ2) is 11.3. The number of halogens is 1. The standard InChI is InChI=1S/C18H13FN4O3.C12H9N3O4/c19-11-7-5-10(6-8-11)9-20-16(25)14-15(24)17(26)23-13-4-2-1-3-12(13)21-18(23)22-14;1-19-11(18)8-9(16)10(17)15-7-5-3-2-4-6(7)13-12(15)14-8/h1-8,24H,9H2,(H,20,25)(H,21,22);2-5,16H,1H3,(H,13,14). The molecule has 0 aliphatic carbocycles. The molecular weight excluding hydrogens is 589 g/mol. The maximum Gasteiger partial charge on any atom is 0.360 e. The van der Waals surface area contributed by atoms with Crippen LogP contribution >= 0.6 is 0 Å². The number of aromatic hydroxyl groups is 2. The molecule has 45 heavy (non-hydrogen) atoms. The number of hydrogen-bond acceptors (Lipinski definition) is 9. The molecule has 4 aromatic heterocycles. The topological polar surface area (TPSA) is 196 Å². The first-order chi connectivity index (χ1) is 21.7. The van der Waals surface area contributed by atoms with Crippen LogP contribution in [0, 0.1) is 5.82 Å². The minimum Gasteiger partial charge on any atom is -0.501 e. The molecule has 3 aromatic carbocycles. The Kier molecular flexibility index (Phi) is 7.18. The zero-order valence-corrected chi connectivity index (χ0v) is 23.2. The Labute approximate surface area is 250 Å². The van der Waals surface area contributed by atoms with Crippen molar-refractivity contribution in [3.05, 3.63) is 116 Å². The maximum atomic E-state index is 12.9. The molecule has 0 spiro atoms. The molecule has 0 bridgehead atoms. The zero-order valence-electron chi connectivity index (χ0n) is 23.2. The zero-order chi connectivity index (χ0) is 31.8. The Bertz CT molecular complexity index is 2390. The minimum absolute atomic E-state index is 0.103. The summed E-state index contributed by atoms with van der Waals surface area (Å²) < 4.78 is 19.8. The fourth-order valence-electron chi connectivity index (χ4n) is 4.69. The third kappa shape index (κ3) is 5.07. The van der Waals surface area contributed by atoms with Gasteiger partial charge in [-0.3, -0.25) is 14.4 Å². The van der Waals surface area contributed by atoms with Gasteiger partial charge in [0, 0.05) is 6.54 Å². The van der Waals surface area contributed by atoms with Gasteiger partial charge in [0.25, 0.3) is 5.91 Å². The number of nitrogens with one attached hydrogen (secondary N) is 3. The van der Waals surface area contributed by atoms with Gasteiger partial charge in [-0.15, -0.1) is 0 Å². The van der Waals surface area contributed by atoms with Gasteiger partial charge in [-0.05, 0) is 42.0 Å². The van der Waals surface area contributed by atoms with Crippen LogP contribution in [0.25, 0.3) is 33.6 Å². The summed E-state index contributed by atoms with van der Waals surface area (Å²) in [6.07, 6.45) is 0. The second-order valence-electron chi connectivity index (χ2n) is 9.63. The minimum atomic E-state index is -0.865. The molecule has 0 unspecified atom stereocenters.